The predicted octanol–water partition coefficient (Wildman–Crippen LogP) is 1.59. The van der Waals surface area contributed by atoms with E-state index in [0.29, 0.717) is 0 Å². The Bertz CT molecular complexity index is 146. The number of aliphatic hydroxyl groups is 1. The summed E-state index contributed by atoms with van der Waals surface area (Å²) >= 11 is 2.00. The van der Waals surface area contributed by atoms with E-state index in [0.717, 1.165) is 26.1 Å². The van der Waals surface area contributed by atoms with E-state index in [9.17, 15) is 5.11 Å². The molecule has 0 aromatic rings. The highest BCUT2D eigenvalue weighted by molar-refractivity contribution is 7.99. The maximum Gasteiger partial charge on any atom is 0.0897 e. The second kappa shape index (κ2) is 5.23. The van der Waals surface area contributed by atoms with Crippen LogP contribution < -0.4 is 0 Å². The maximum atomic E-state index is 9.74. The zero-order valence-corrected chi connectivity index (χ0v) is 9.57. The highest BCUT2D eigenvalue weighted by Gasteiger charge is 2.38. The molecule has 78 valence electrons. The Morgan fingerprint density at radius 2 is 2.08 bits per heavy atom. The standard InChI is InChI=1S/C10H21NOS/c1-3-10(12)8-11(9-10)6-5-7-13-4-2/h12H,3-9H2,1-2H3. The summed E-state index contributed by atoms with van der Waals surface area (Å²) in [5, 5.41) is 9.74. The van der Waals surface area contributed by atoms with Crippen LogP contribution in [0.15, 0.2) is 0 Å². The summed E-state index contributed by atoms with van der Waals surface area (Å²) in [6.07, 6.45) is 2.16. The van der Waals surface area contributed by atoms with Gasteiger partial charge in [-0.25, -0.2) is 0 Å². The Morgan fingerprint density at radius 3 is 2.62 bits per heavy atom. The number of hydrogen-bond acceptors (Lipinski definition) is 3. The molecule has 0 unspecified atom stereocenters. The minimum atomic E-state index is -0.349. The van der Waals surface area contributed by atoms with Gasteiger partial charge in [0.25, 0.3) is 0 Å². The van der Waals surface area contributed by atoms with E-state index in [1.165, 1.54) is 17.9 Å². The van der Waals surface area contributed by atoms with Crippen molar-refractivity contribution in [3.63, 3.8) is 0 Å². The molecule has 0 radical (unpaired) electrons. The van der Waals surface area contributed by atoms with E-state index in [4.69, 9.17) is 0 Å². The fourth-order valence-corrected chi connectivity index (χ4v) is 2.32. The smallest absolute Gasteiger partial charge is 0.0897 e. The largest absolute Gasteiger partial charge is 0.387 e. The molecular formula is C10H21NOS. The second-order valence-corrected chi connectivity index (χ2v) is 5.23. The van der Waals surface area contributed by atoms with Crippen molar-refractivity contribution in [3.8, 4) is 0 Å². The van der Waals surface area contributed by atoms with Crippen LogP contribution >= 0.6 is 11.8 Å². The monoisotopic (exact) mass is 203 g/mol. The third-order valence-electron chi connectivity index (χ3n) is 2.66. The molecule has 13 heavy (non-hydrogen) atoms. The molecule has 3 heteroatoms. The van der Waals surface area contributed by atoms with E-state index in [-0.39, 0.29) is 5.60 Å². The van der Waals surface area contributed by atoms with Crippen LogP contribution in [-0.4, -0.2) is 46.7 Å². The van der Waals surface area contributed by atoms with Crippen LogP contribution in [0.25, 0.3) is 0 Å². The molecule has 2 nitrogen and oxygen atoms in total. The first kappa shape index (κ1) is 11.3. The van der Waals surface area contributed by atoms with E-state index < -0.39 is 0 Å². The van der Waals surface area contributed by atoms with Crippen LogP contribution in [0.3, 0.4) is 0 Å². The van der Waals surface area contributed by atoms with Crippen molar-refractivity contribution in [2.45, 2.75) is 32.3 Å². The fraction of sp³-hybridized carbons (Fsp3) is 1.00. The van der Waals surface area contributed by atoms with Crippen molar-refractivity contribution in [2.75, 3.05) is 31.1 Å². The van der Waals surface area contributed by atoms with Crippen molar-refractivity contribution in [1.29, 1.82) is 0 Å². The van der Waals surface area contributed by atoms with Gasteiger partial charge in [-0.2, -0.15) is 11.8 Å². The van der Waals surface area contributed by atoms with E-state index >= 15 is 0 Å². The van der Waals surface area contributed by atoms with E-state index in [1.54, 1.807) is 0 Å². The van der Waals surface area contributed by atoms with Gasteiger partial charge in [-0.05, 0) is 30.9 Å². The van der Waals surface area contributed by atoms with Crippen LogP contribution in [0.5, 0.6) is 0 Å². The third-order valence-corrected chi connectivity index (χ3v) is 3.65. The Morgan fingerprint density at radius 1 is 1.38 bits per heavy atom. The van der Waals surface area contributed by atoms with Gasteiger partial charge in [0, 0.05) is 13.1 Å². The van der Waals surface area contributed by atoms with Gasteiger partial charge in [0.15, 0.2) is 0 Å². The highest BCUT2D eigenvalue weighted by atomic mass is 32.2. The molecule has 0 spiro atoms. The van der Waals surface area contributed by atoms with Crippen molar-refractivity contribution in [3.05, 3.63) is 0 Å². The maximum absolute atomic E-state index is 9.74. The highest BCUT2D eigenvalue weighted by Crippen LogP contribution is 2.23. The van der Waals surface area contributed by atoms with Crippen LogP contribution in [0, 0.1) is 0 Å². The minimum Gasteiger partial charge on any atom is -0.387 e. The molecule has 0 bridgehead atoms. The van der Waals surface area contributed by atoms with Crippen LogP contribution in [-0.2, 0) is 0 Å². The molecule has 0 amide bonds. The number of rotatable bonds is 6. The van der Waals surface area contributed by atoms with Gasteiger partial charge in [-0.15, -0.1) is 0 Å². The molecule has 0 aliphatic carbocycles. The Kier molecular flexibility index (Phi) is 4.56. The quantitative estimate of drug-likeness (QED) is 0.663. The van der Waals surface area contributed by atoms with Crippen molar-refractivity contribution < 1.29 is 5.11 Å². The number of hydrogen-bond donors (Lipinski definition) is 1. The first-order chi connectivity index (χ1) is 6.20. The molecule has 0 atom stereocenters. The van der Waals surface area contributed by atoms with Gasteiger partial charge in [0.1, 0.15) is 0 Å². The molecule has 1 heterocycles. The van der Waals surface area contributed by atoms with Gasteiger partial charge in [-0.1, -0.05) is 13.8 Å². The van der Waals surface area contributed by atoms with Gasteiger partial charge in [-0.3, -0.25) is 4.90 Å². The predicted molar refractivity (Wildman–Crippen MR) is 59.3 cm³/mol. The van der Waals surface area contributed by atoms with Crippen molar-refractivity contribution >= 4 is 11.8 Å². The number of nitrogens with zero attached hydrogens (tertiary/aromatic N) is 1. The molecule has 1 saturated heterocycles. The zero-order chi connectivity index (χ0) is 9.73. The minimum absolute atomic E-state index is 0.349. The molecule has 1 aliphatic heterocycles. The molecule has 0 aromatic heterocycles. The lowest BCUT2D eigenvalue weighted by Gasteiger charge is -2.46. The van der Waals surface area contributed by atoms with Gasteiger partial charge >= 0.3 is 0 Å². The summed E-state index contributed by atoms with van der Waals surface area (Å²) in [5.74, 6) is 2.48. The van der Waals surface area contributed by atoms with E-state index in [1.807, 2.05) is 11.8 Å². The average Bonchev–Trinajstić information content (AvgIpc) is 2.08. The lowest BCUT2D eigenvalue weighted by atomic mass is 9.91. The SMILES string of the molecule is CCSCCCN1CC(O)(CC)C1. The first-order valence-corrected chi connectivity index (χ1v) is 6.38. The molecule has 0 aromatic carbocycles. The van der Waals surface area contributed by atoms with Crippen molar-refractivity contribution in [1.82, 2.24) is 4.90 Å². The van der Waals surface area contributed by atoms with Crippen LogP contribution in [0.1, 0.15) is 26.7 Å². The van der Waals surface area contributed by atoms with Crippen LogP contribution in [0.2, 0.25) is 0 Å². The summed E-state index contributed by atoms with van der Waals surface area (Å²) in [7, 11) is 0. The number of likely N-dealkylation sites (tertiary alicyclic amines) is 1. The fourth-order valence-electron chi connectivity index (χ4n) is 1.70. The van der Waals surface area contributed by atoms with Gasteiger partial charge in [0.05, 0.1) is 5.60 Å². The van der Waals surface area contributed by atoms with Crippen molar-refractivity contribution in [2.24, 2.45) is 0 Å². The normalized spacial score (nSPS) is 21.5. The Labute approximate surface area is 85.7 Å². The Hall–Kier alpha value is 0.270. The molecular weight excluding hydrogens is 182 g/mol. The summed E-state index contributed by atoms with van der Waals surface area (Å²) in [6, 6.07) is 0. The van der Waals surface area contributed by atoms with Gasteiger partial charge in [0.2, 0.25) is 0 Å². The molecule has 0 saturated carbocycles. The summed E-state index contributed by atoms with van der Waals surface area (Å²) < 4.78 is 0. The third kappa shape index (κ3) is 3.49. The zero-order valence-electron chi connectivity index (χ0n) is 8.75. The summed E-state index contributed by atoms with van der Waals surface area (Å²) in [6.45, 7) is 7.20. The molecule has 1 aliphatic rings. The number of thioether (sulfide) groups is 1. The molecule has 1 rings (SSSR count). The molecule has 1 N–H and O–H groups in total. The number of β-amino-alcohol motifs (C(OH)–C–C–N with tert-alkyl or cyclic N) is 1. The Balaban J connectivity index is 1.96. The first-order valence-electron chi connectivity index (χ1n) is 5.22. The van der Waals surface area contributed by atoms with Crippen LogP contribution in [0.4, 0.5) is 0 Å². The molecule has 1 fully saturated rings. The lowest BCUT2D eigenvalue weighted by Crippen LogP contribution is -2.61. The second-order valence-electron chi connectivity index (χ2n) is 3.84. The summed E-state index contributed by atoms with van der Waals surface area (Å²) in [4.78, 5) is 2.35. The average molecular weight is 203 g/mol. The summed E-state index contributed by atoms with van der Waals surface area (Å²) in [5.41, 5.74) is -0.349. The van der Waals surface area contributed by atoms with E-state index in [2.05, 4.69) is 18.7 Å². The topological polar surface area (TPSA) is 23.5 Å². The van der Waals surface area contributed by atoms with Gasteiger partial charge < -0.3 is 5.11 Å². The lowest BCUT2D eigenvalue weighted by molar-refractivity contribution is -0.0988.